The summed E-state index contributed by atoms with van der Waals surface area (Å²) in [5.74, 6) is -0.323. The Balaban J connectivity index is 1.52. The number of ether oxygens (including phenoxy) is 1. The van der Waals surface area contributed by atoms with Crippen molar-refractivity contribution in [2.24, 2.45) is 7.05 Å². The Bertz CT molecular complexity index is 1350. The lowest BCUT2D eigenvalue weighted by molar-refractivity contribution is 0.122. The first-order chi connectivity index (χ1) is 17.0. The molecular formula is C24H24F2N8O. The topological polar surface area (TPSA) is 106 Å². The van der Waals surface area contributed by atoms with Crippen LogP contribution >= 0.6 is 0 Å². The van der Waals surface area contributed by atoms with E-state index in [0.717, 1.165) is 0 Å². The number of nitrogens with two attached hydrogens (primary N) is 1. The molecule has 180 valence electrons. The van der Waals surface area contributed by atoms with Crippen LogP contribution in [0, 0.1) is 11.6 Å². The van der Waals surface area contributed by atoms with Crippen molar-refractivity contribution >= 4 is 34.5 Å². The maximum absolute atomic E-state index is 15.1. The van der Waals surface area contributed by atoms with Crippen LogP contribution in [0.3, 0.4) is 0 Å². The van der Waals surface area contributed by atoms with Gasteiger partial charge < -0.3 is 26.0 Å². The highest BCUT2D eigenvalue weighted by Gasteiger charge is 2.18. The largest absolute Gasteiger partial charge is 0.399 e. The lowest BCUT2D eigenvalue weighted by Crippen LogP contribution is -2.36. The number of aromatic nitrogens is 4. The molecule has 0 saturated carbocycles. The molecule has 0 bridgehead atoms. The van der Waals surface area contributed by atoms with Gasteiger partial charge in [0.1, 0.15) is 17.5 Å². The molecule has 2 aromatic carbocycles. The highest BCUT2D eigenvalue weighted by Crippen LogP contribution is 2.33. The van der Waals surface area contributed by atoms with E-state index in [1.807, 2.05) is 4.90 Å². The highest BCUT2D eigenvalue weighted by atomic mass is 19.1. The summed E-state index contributed by atoms with van der Waals surface area (Å²) < 4.78 is 36.6. The maximum atomic E-state index is 15.1. The van der Waals surface area contributed by atoms with E-state index in [-0.39, 0.29) is 23.3 Å². The summed E-state index contributed by atoms with van der Waals surface area (Å²) in [7, 11) is 1.79. The van der Waals surface area contributed by atoms with Gasteiger partial charge in [-0.2, -0.15) is 10.1 Å². The molecule has 0 unspecified atom stereocenters. The van der Waals surface area contributed by atoms with E-state index in [0.29, 0.717) is 54.5 Å². The van der Waals surface area contributed by atoms with E-state index in [9.17, 15) is 4.39 Å². The number of rotatable bonds is 6. The Hall–Kier alpha value is -4.25. The third kappa shape index (κ3) is 4.99. The summed E-state index contributed by atoms with van der Waals surface area (Å²) in [6.45, 7) is 2.35. The number of hydrogen-bond donors (Lipinski definition) is 3. The monoisotopic (exact) mass is 478 g/mol. The number of nitrogens with one attached hydrogen (secondary N) is 2. The van der Waals surface area contributed by atoms with E-state index in [4.69, 9.17) is 10.5 Å². The smallest absolute Gasteiger partial charge is 0.229 e. The van der Waals surface area contributed by atoms with Crippen molar-refractivity contribution < 1.29 is 13.5 Å². The van der Waals surface area contributed by atoms with Crippen molar-refractivity contribution in [1.29, 1.82) is 0 Å². The van der Waals surface area contributed by atoms with Gasteiger partial charge in [-0.3, -0.25) is 4.68 Å². The quantitative estimate of drug-likeness (QED) is 0.356. The molecule has 2 aromatic heterocycles. The van der Waals surface area contributed by atoms with Crippen LogP contribution < -0.4 is 21.3 Å². The molecule has 9 nitrogen and oxygen atoms in total. The molecule has 11 heteroatoms. The molecule has 1 aliphatic rings. The van der Waals surface area contributed by atoms with Crippen molar-refractivity contribution in [3.63, 3.8) is 0 Å². The molecule has 0 amide bonds. The summed E-state index contributed by atoms with van der Waals surface area (Å²) in [5, 5.41) is 10.2. The van der Waals surface area contributed by atoms with E-state index in [2.05, 4.69) is 25.7 Å². The average molecular weight is 479 g/mol. The molecule has 3 heterocycles. The first-order valence-corrected chi connectivity index (χ1v) is 11.0. The molecule has 0 spiro atoms. The van der Waals surface area contributed by atoms with Crippen LogP contribution in [-0.2, 0) is 11.8 Å². The summed E-state index contributed by atoms with van der Waals surface area (Å²) in [4.78, 5) is 10.9. The molecule has 0 atom stereocenters. The molecule has 1 aliphatic heterocycles. The third-order valence-corrected chi connectivity index (χ3v) is 5.60. The van der Waals surface area contributed by atoms with Gasteiger partial charge in [-0.25, -0.2) is 13.8 Å². The minimum Gasteiger partial charge on any atom is -0.399 e. The zero-order valence-electron chi connectivity index (χ0n) is 19.0. The van der Waals surface area contributed by atoms with Crippen LogP contribution in [0.25, 0.3) is 11.1 Å². The molecule has 5 rings (SSSR count). The predicted molar refractivity (Wildman–Crippen MR) is 131 cm³/mol. The molecule has 4 N–H and O–H groups in total. The number of nitrogen functional groups attached to an aromatic ring is 1. The number of nitrogens with zero attached hydrogens (tertiary/aromatic N) is 5. The summed E-state index contributed by atoms with van der Waals surface area (Å²) in [6.07, 6.45) is 4.95. The maximum Gasteiger partial charge on any atom is 0.229 e. The van der Waals surface area contributed by atoms with Crippen molar-refractivity contribution in [2.45, 2.75) is 0 Å². The fraction of sp³-hybridized carbons (Fsp3) is 0.208. The van der Waals surface area contributed by atoms with Crippen LogP contribution in [0.5, 0.6) is 0 Å². The molecule has 4 aromatic rings. The molecule has 1 saturated heterocycles. The van der Waals surface area contributed by atoms with Gasteiger partial charge in [0, 0.05) is 43.8 Å². The minimum absolute atomic E-state index is 0.141. The molecule has 0 aliphatic carbocycles. The van der Waals surface area contributed by atoms with Gasteiger partial charge in [0.25, 0.3) is 0 Å². The molecule has 0 radical (unpaired) electrons. The Morgan fingerprint density at radius 2 is 1.83 bits per heavy atom. The second kappa shape index (κ2) is 9.55. The first-order valence-electron chi connectivity index (χ1n) is 11.0. The van der Waals surface area contributed by atoms with Gasteiger partial charge in [-0.1, -0.05) is 6.07 Å². The van der Waals surface area contributed by atoms with Crippen LogP contribution in [0.4, 0.5) is 43.3 Å². The van der Waals surface area contributed by atoms with Crippen LogP contribution in [-0.4, -0.2) is 46.1 Å². The third-order valence-electron chi connectivity index (χ3n) is 5.60. The predicted octanol–water partition coefficient (Wildman–Crippen LogP) is 4.06. The zero-order valence-corrected chi connectivity index (χ0v) is 19.0. The first kappa shape index (κ1) is 22.5. The Morgan fingerprint density at radius 1 is 1.00 bits per heavy atom. The Kier molecular flexibility index (Phi) is 6.15. The van der Waals surface area contributed by atoms with E-state index in [1.54, 1.807) is 42.5 Å². The standard InChI is InChI=1S/C24H24F2N8O/c1-33-14-17(12-29-33)30-24-28-13-18(23(32-24)31-21-11-16(27)3-4-19(21)25)15-2-5-22(20(26)10-15)34-6-8-35-9-7-34/h2-5,10-14H,6-9,27H2,1H3,(H2,28,30,31,32). The van der Waals surface area contributed by atoms with E-state index >= 15 is 4.39 Å². The number of anilines is 6. The number of benzene rings is 2. The van der Waals surface area contributed by atoms with Crippen LogP contribution in [0.15, 0.2) is 55.0 Å². The number of hydrogen-bond acceptors (Lipinski definition) is 8. The molecule has 1 fully saturated rings. The average Bonchev–Trinajstić information content (AvgIpc) is 3.26. The fourth-order valence-electron chi connectivity index (χ4n) is 3.86. The van der Waals surface area contributed by atoms with Gasteiger partial charge in [0.15, 0.2) is 0 Å². The zero-order chi connectivity index (χ0) is 24.4. The minimum atomic E-state index is -0.501. The van der Waals surface area contributed by atoms with Crippen molar-refractivity contribution in [3.8, 4) is 11.1 Å². The van der Waals surface area contributed by atoms with Crippen LogP contribution in [0.1, 0.15) is 0 Å². The normalized spacial score (nSPS) is 13.6. The second-order valence-corrected chi connectivity index (χ2v) is 8.11. The fourth-order valence-corrected chi connectivity index (χ4v) is 3.86. The Morgan fingerprint density at radius 3 is 2.57 bits per heavy atom. The van der Waals surface area contributed by atoms with Gasteiger partial charge in [0.05, 0.1) is 36.5 Å². The van der Waals surface area contributed by atoms with Gasteiger partial charge >= 0.3 is 0 Å². The number of halogens is 2. The summed E-state index contributed by atoms with van der Waals surface area (Å²) >= 11 is 0. The molecule has 35 heavy (non-hydrogen) atoms. The van der Waals surface area contributed by atoms with Gasteiger partial charge in [0.2, 0.25) is 5.95 Å². The van der Waals surface area contributed by atoms with Crippen molar-refractivity contribution in [3.05, 3.63) is 66.6 Å². The second-order valence-electron chi connectivity index (χ2n) is 8.11. The van der Waals surface area contributed by atoms with E-state index < -0.39 is 5.82 Å². The van der Waals surface area contributed by atoms with E-state index in [1.165, 1.54) is 24.3 Å². The lowest BCUT2D eigenvalue weighted by Gasteiger charge is -2.29. The lowest BCUT2D eigenvalue weighted by atomic mass is 10.1. The van der Waals surface area contributed by atoms with Crippen molar-refractivity contribution in [1.82, 2.24) is 19.7 Å². The van der Waals surface area contributed by atoms with Crippen molar-refractivity contribution in [2.75, 3.05) is 47.6 Å². The van der Waals surface area contributed by atoms with Gasteiger partial charge in [-0.05, 0) is 35.9 Å². The highest BCUT2D eigenvalue weighted by molar-refractivity contribution is 5.80. The number of morpholine rings is 1. The summed E-state index contributed by atoms with van der Waals surface area (Å²) in [6, 6.07) is 9.15. The van der Waals surface area contributed by atoms with Crippen LogP contribution in [0.2, 0.25) is 0 Å². The summed E-state index contributed by atoms with van der Waals surface area (Å²) in [5.41, 5.74) is 8.60. The Labute approximate surface area is 200 Å². The molecular weight excluding hydrogens is 454 g/mol. The van der Waals surface area contributed by atoms with Gasteiger partial charge in [-0.15, -0.1) is 0 Å². The SMILES string of the molecule is Cn1cc(Nc2ncc(-c3ccc(N4CCOCC4)c(F)c3)c(Nc3cc(N)ccc3F)n2)cn1. The number of aryl methyl sites for hydroxylation is 1.